The molecule has 0 amide bonds. The summed E-state index contributed by atoms with van der Waals surface area (Å²) >= 11 is 1.80. The Kier molecular flexibility index (Phi) is 3.54. The number of rotatable bonds is 2. The maximum absolute atomic E-state index is 8.81. The van der Waals surface area contributed by atoms with Crippen molar-refractivity contribution < 1.29 is 6.85 Å². The molecule has 0 aliphatic heterocycles. The van der Waals surface area contributed by atoms with Gasteiger partial charge >= 0.3 is 0 Å². The average molecular weight is 492 g/mol. The van der Waals surface area contributed by atoms with Crippen LogP contribution in [0, 0.1) is 0 Å². The monoisotopic (exact) mass is 491 g/mol. The minimum atomic E-state index is -0.387. The van der Waals surface area contributed by atoms with Crippen LogP contribution in [0.25, 0.3) is 74.7 Å². The van der Waals surface area contributed by atoms with Crippen molar-refractivity contribution in [3.8, 4) is 22.3 Å². The van der Waals surface area contributed by atoms with E-state index in [0.717, 1.165) is 32.7 Å². The minimum Gasteiger partial charge on any atom is -0.135 e. The molecule has 8 rings (SSSR count). The predicted molar refractivity (Wildman–Crippen MR) is 163 cm³/mol. The Morgan fingerprint density at radius 3 is 1.76 bits per heavy atom. The number of hydrogen-bond donors (Lipinski definition) is 0. The van der Waals surface area contributed by atoms with E-state index in [4.69, 9.17) is 6.85 Å². The van der Waals surface area contributed by atoms with Crippen LogP contribution in [0.15, 0.2) is 133 Å². The zero-order chi connectivity index (χ0) is 28.7. The molecule has 1 aromatic heterocycles. The maximum Gasteiger partial charge on any atom is 0.0629 e. The van der Waals surface area contributed by atoms with Crippen molar-refractivity contribution in [3.63, 3.8) is 0 Å². The van der Waals surface area contributed by atoms with Gasteiger partial charge in [0.2, 0.25) is 0 Å². The molecule has 1 heteroatoms. The van der Waals surface area contributed by atoms with Crippen LogP contribution >= 0.6 is 11.3 Å². The smallest absolute Gasteiger partial charge is 0.0629 e. The Morgan fingerprint density at radius 1 is 0.486 bits per heavy atom. The Morgan fingerprint density at radius 2 is 1.08 bits per heavy atom. The second kappa shape index (κ2) is 8.03. The number of fused-ring (bicyclic) bond motifs is 6. The van der Waals surface area contributed by atoms with Gasteiger partial charge in [0.05, 0.1) is 6.85 Å². The topological polar surface area (TPSA) is 0 Å². The summed E-state index contributed by atoms with van der Waals surface area (Å²) < 4.78 is 45.0. The Balaban J connectivity index is 1.56. The lowest BCUT2D eigenvalue weighted by Crippen LogP contribution is -1.91. The van der Waals surface area contributed by atoms with Crippen molar-refractivity contribution in [2.24, 2.45) is 0 Å². The van der Waals surface area contributed by atoms with Crippen molar-refractivity contribution in [2.75, 3.05) is 0 Å². The van der Waals surface area contributed by atoms with Crippen LogP contribution in [0.2, 0.25) is 0 Å². The van der Waals surface area contributed by atoms with E-state index in [1.165, 1.54) is 30.9 Å². The molecular formula is C36H22S. The lowest BCUT2D eigenvalue weighted by molar-refractivity contribution is 1.67. The Hall–Kier alpha value is -4.46. The van der Waals surface area contributed by atoms with Gasteiger partial charge in [0.15, 0.2) is 0 Å². The van der Waals surface area contributed by atoms with Crippen LogP contribution in [0.5, 0.6) is 0 Å². The highest BCUT2D eigenvalue weighted by atomic mass is 32.1. The van der Waals surface area contributed by atoms with Gasteiger partial charge in [0.25, 0.3) is 0 Å². The van der Waals surface area contributed by atoms with E-state index in [2.05, 4.69) is 66.7 Å². The van der Waals surface area contributed by atoms with E-state index in [-0.39, 0.29) is 35.8 Å². The molecule has 172 valence electrons. The zero-order valence-electron chi connectivity index (χ0n) is 24.7. The first-order valence-corrected chi connectivity index (χ1v) is 13.1. The SMILES string of the molecule is [2H]c1c([2H])c([2H])c(-c2c3ccccc3c(-c3cccc4sc5cc6ccccc6cc5c34)c3ccccc23)c([2H])c1[2H]. The molecule has 0 nitrogen and oxygen atoms in total. The third-order valence-corrected chi connectivity index (χ3v) is 8.43. The Bertz CT molecular complexity index is 2340. The van der Waals surface area contributed by atoms with Crippen molar-refractivity contribution in [2.45, 2.75) is 0 Å². The third-order valence-electron chi connectivity index (χ3n) is 7.31. The van der Waals surface area contributed by atoms with Gasteiger partial charge in [-0.2, -0.15) is 0 Å². The summed E-state index contributed by atoms with van der Waals surface area (Å²) in [7, 11) is 0. The fourth-order valence-corrected chi connectivity index (χ4v) is 6.95. The summed E-state index contributed by atoms with van der Waals surface area (Å²) in [5, 5.41) is 8.50. The van der Waals surface area contributed by atoms with E-state index >= 15 is 0 Å². The minimum absolute atomic E-state index is 0.193. The van der Waals surface area contributed by atoms with Crippen LogP contribution in [0.4, 0.5) is 0 Å². The molecule has 0 atom stereocenters. The molecule has 0 saturated heterocycles. The molecule has 0 aliphatic carbocycles. The van der Waals surface area contributed by atoms with E-state index in [1.54, 1.807) is 11.3 Å². The van der Waals surface area contributed by atoms with E-state index in [0.29, 0.717) is 5.56 Å². The molecule has 0 fully saturated rings. The molecule has 37 heavy (non-hydrogen) atoms. The molecule has 8 aromatic rings. The maximum atomic E-state index is 8.81. The fourth-order valence-electron chi connectivity index (χ4n) is 5.78. The number of thiophene rings is 1. The van der Waals surface area contributed by atoms with Crippen LogP contribution in [-0.2, 0) is 0 Å². The van der Waals surface area contributed by atoms with Crippen molar-refractivity contribution in [1.82, 2.24) is 0 Å². The van der Waals surface area contributed by atoms with Gasteiger partial charge in [-0.3, -0.25) is 0 Å². The average Bonchev–Trinajstić information content (AvgIpc) is 3.39. The summed E-state index contributed by atoms with van der Waals surface area (Å²) in [6, 6.07) is 34.1. The van der Waals surface area contributed by atoms with E-state index in [9.17, 15) is 0 Å². The molecule has 0 radical (unpaired) electrons. The molecule has 0 bridgehead atoms. The summed E-state index contributed by atoms with van der Waals surface area (Å²) in [4.78, 5) is 0. The summed E-state index contributed by atoms with van der Waals surface area (Å²) in [5.74, 6) is 0. The third kappa shape index (κ3) is 3.08. The van der Waals surface area contributed by atoms with Crippen LogP contribution in [-0.4, -0.2) is 0 Å². The predicted octanol–water partition coefficient (Wildman–Crippen LogP) is 10.8. The quantitative estimate of drug-likeness (QED) is 0.211. The largest absolute Gasteiger partial charge is 0.135 e. The molecule has 7 aromatic carbocycles. The van der Waals surface area contributed by atoms with Crippen molar-refractivity contribution >= 4 is 63.8 Å². The van der Waals surface area contributed by atoms with E-state index < -0.39 is 0 Å². The molecule has 0 unspecified atom stereocenters. The van der Waals surface area contributed by atoms with Gasteiger partial charge in [-0.25, -0.2) is 0 Å². The normalized spacial score (nSPS) is 13.7. The first-order chi connectivity index (χ1) is 20.4. The molecule has 1 heterocycles. The van der Waals surface area contributed by atoms with Crippen molar-refractivity contribution in [3.05, 3.63) is 133 Å². The standard InChI is InChI=1S/C36H22S/c1-2-11-23(12-3-1)34-26-15-6-8-17-28(26)35(29-18-9-7-16-27(29)34)30-19-10-20-32-36(30)31-21-24-13-4-5-14-25(24)22-33(31)37-32/h1-22H/i1D,2D,3D,11D,12D. The summed E-state index contributed by atoms with van der Waals surface area (Å²) in [6.45, 7) is 0. The van der Waals surface area contributed by atoms with Gasteiger partial charge in [0.1, 0.15) is 0 Å². The lowest BCUT2D eigenvalue weighted by atomic mass is 9.85. The van der Waals surface area contributed by atoms with Gasteiger partial charge in [0, 0.05) is 20.2 Å². The first-order valence-electron chi connectivity index (χ1n) is 14.8. The molecule has 0 spiro atoms. The number of benzene rings is 7. The van der Waals surface area contributed by atoms with Gasteiger partial charge in [-0.15, -0.1) is 11.3 Å². The van der Waals surface area contributed by atoms with E-state index in [1.807, 2.05) is 36.4 Å². The Labute approximate surface area is 226 Å². The van der Waals surface area contributed by atoms with Crippen LogP contribution in [0.3, 0.4) is 0 Å². The van der Waals surface area contributed by atoms with Crippen molar-refractivity contribution in [1.29, 1.82) is 0 Å². The second-order valence-corrected chi connectivity index (χ2v) is 10.4. The molecule has 0 saturated carbocycles. The highest BCUT2D eigenvalue weighted by Crippen LogP contribution is 2.48. The highest BCUT2D eigenvalue weighted by Gasteiger charge is 2.19. The highest BCUT2D eigenvalue weighted by molar-refractivity contribution is 7.26. The van der Waals surface area contributed by atoms with Gasteiger partial charge < -0.3 is 0 Å². The van der Waals surface area contributed by atoms with Gasteiger partial charge in [-0.05, 0) is 72.8 Å². The molecular weight excluding hydrogens is 464 g/mol. The zero-order valence-corrected chi connectivity index (χ0v) is 20.5. The first kappa shape index (κ1) is 16.3. The second-order valence-electron chi connectivity index (χ2n) is 9.32. The molecule has 0 aliphatic rings. The van der Waals surface area contributed by atoms with Gasteiger partial charge in [-0.1, -0.05) is 115 Å². The molecule has 0 N–H and O–H groups in total. The van der Waals surface area contributed by atoms with Crippen LogP contribution < -0.4 is 0 Å². The summed E-state index contributed by atoms with van der Waals surface area (Å²) in [5.41, 5.74) is 3.09. The summed E-state index contributed by atoms with van der Waals surface area (Å²) in [6.07, 6.45) is 0. The number of hydrogen-bond acceptors (Lipinski definition) is 1. The lowest BCUT2D eigenvalue weighted by Gasteiger charge is -2.18. The van der Waals surface area contributed by atoms with Crippen LogP contribution in [0.1, 0.15) is 6.85 Å². The fraction of sp³-hybridized carbons (Fsp3) is 0.